The van der Waals surface area contributed by atoms with Crippen LogP contribution in [0.5, 0.6) is 0 Å². The van der Waals surface area contributed by atoms with E-state index >= 15 is 0 Å². The molecule has 0 heterocycles. The summed E-state index contributed by atoms with van der Waals surface area (Å²) in [7, 11) is 0. The molecular weight excluding hydrogens is 150 g/mol. The van der Waals surface area contributed by atoms with Gasteiger partial charge in [0.05, 0.1) is 0 Å². The predicted molar refractivity (Wildman–Crippen MR) is 42.5 cm³/mol. The topological polar surface area (TPSA) is 52.3 Å². The van der Waals surface area contributed by atoms with E-state index in [-0.39, 0.29) is 5.41 Å². The highest BCUT2D eigenvalue weighted by molar-refractivity contribution is 7.75. The van der Waals surface area contributed by atoms with Gasteiger partial charge in [-0.1, -0.05) is 20.8 Å². The van der Waals surface area contributed by atoms with Gasteiger partial charge in [-0.05, 0) is 5.41 Å². The third kappa shape index (κ3) is 2.58. The lowest BCUT2D eigenvalue weighted by Crippen LogP contribution is -2.42. The lowest BCUT2D eigenvalue weighted by atomic mass is 9.88. The van der Waals surface area contributed by atoms with Gasteiger partial charge in [0, 0.05) is 12.9 Å². The highest BCUT2D eigenvalue weighted by Crippen LogP contribution is 2.18. The Morgan fingerprint density at radius 3 is 2.10 bits per heavy atom. The molecule has 60 valence electrons. The van der Waals surface area contributed by atoms with E-state index in [9.17, 15) is 4.79 Å². The average molecular weight is 163 g/mol. The molecule has 0 spiro atoms. The van der Waals surface area contributed by atoms with Crippen LogP contribution < -0.4 is 5.73 Å². The summed E-state index contributed by atoms with van der Waals surface area (Å²) in [5.41, 5.74) is 5.22. The van der Waals surface area contributed by atoms with E-state index in [1.54, 1.807) is 0 Å². The molecule has 0 saturated carbocycles. The van der Waals surface area contributed by atoms with Crippen LogP contribution in [0.3, 0.4) is 0 Å². The Hall–Kier alpha value is -0.220. The summed E-state index contributed by atoms with van der Waals surface area (Å²) in [5, 5.41) is 0. The second-order valence-electron chi connectivity index (χ2n) is 3.25. The van der Waals surface area contributed by atoms with Crippen LogP contribution in [0.25, 0.3) is 0 Å². The Labute approximate surface area is 66.5 Å². The molecule has 3 nitrogen and oxygen atoms in total. The van der Waals surface area contributed by atoms with Gasteiger partial charge in [0.15, 0.2) is 0 Å². The fourth-order valence-electron chi connectivity index (χ4n) is 0.410. The minimum Gasteiger partial charge on any atom is -0.393 e. The molecule has 0 saturated heterocycles. The zero-order chi connectivity index (χ0) is 8.36. The molecule has 0 aliphatic carbocycles. The number of thiol groups is 1. The number of carbonyl (C=O) groups is 1. The van der Waals surface area contributed by atoms with Crippen LogP contribution >= 0.6 is 12.9 Å². The summed E-state index contributed by atoms with van der Waals surface area (Å²) in [6.45, 7) is 5.59. The molecule has 0 radical (unpaired) electrons. The quantitative estimate of drug-likeness (QED) is 0.443. The zero-order valence-corrected chi connectivity index (χ0v) is 7.31. The summed E-state index contributed by atoms with van der Waals surface area (Å²) in [6, 6.07) is -0.606. The maximum absolute atomic E-state index is 10.7. The Kier molecular flexibility index (Phi) is 3.18. The molecule has 0 aliphatic rings. The molecule has 0 aromatic heterocycles. The van der Waals surface area contributed by atoms with E-state index in [1.807, 2.05) is 20.8 Å². The normalized spacial score (nSPS) is 14.5. The van der Waals surface area contributed by atoms with E-state index in [0.717, 1.165) is 0 Å². The highest BCUT2D eigenvalue weighted by atomic mass is 32.1. The molecule has 0 aliphatic heterocycles. The molecule has 0 aromatic carbocycles. The molecule has 0 bridgehead atoms. The predicted octanol–water partition coefficient (Wildman–Crippen LogP) is 0.748. The molecule has 2 N–H and O–H groups in total. The number of rotatable bonds is 1. The Morgan fingerprint density at radius 2 is 2.00 bits per heavy atom. The summed E-state index contributed by atoms with van der Waals surface area (Å²) < 4.78 is 4.17. The van der Waals surface area contributed by atoms with Crippen LogP contribution in [-0.2, 0) is 8.98 Å². The average Bonchev–Trinajstić information content (AvgIpc) is 1.83. The van der Waals surface area contributed by atoms with E-state index < -0.39 is 12.0 Å². The number of carbonyl (C=O) groups excluding carboxylic acids is 1. The summed E-state index contributed by atoms with van der Waals surface area (Å²) in [6.07, 6.45) is 0. The maximum Gasteiger partial charge on any atom is 0.335 e. The fourth-order valence-corrected chi connectivity index (χ4v) is 0.524. The summed E-state index contributed by atoms with van der Waals surface area (Å²) in [4.78, 5) is 10.7. The molecular formula is C6H13NO2S. The van der Waals surface area contributed by atoms with Crippen LogP contribution in [0, 0.1) is 5.41 Å². The minimum absolute atomic E-state index is 0.264. The second-order valence-corrected chi connectivity index (χ2v) is 3.44. The third-order valence-electron chi connectivity index (χ3n) is 1.28. The zero-order valence-electron chi connectivity index (χ0n) is 6.42. The van der Waals surface area contributed by atoms with E-state index in [0.29, 0.717) is 0 Å². The second kappa shape index (κ2) is 3.25. The van der Waals surface area contributed by atoms with Crippen LogP contribution in [0.15, 0.2) is 0 Å². The Bertz CT molecular complexity index is 130. The first-order valence-electron chi connectivity index (χ1n) is 3.00. The van der Waals surface area contributed by atoms with Crippen LogP contribution in [0.1, 0.15) is 20.8 Å². The first kappa shape index (κ1) is 9.78. The van der Waals surface area contributed by atoms with E-state index in [1.165, 1.54) is 0 Å². The smallest absolute Gasteiger partial charge is 0.335 e. The van der Waals surface area contributed by atoms with Crippen molar-refractivity contribution in [2.75, 3.05) is 0 Å². The van der Waals surface area contributed by atoms with Crippen molar-refractivity contribution >= 4 is 18.9 Å². The molecule has 0 fully saturated rings. The Morgan fingerprint density at radius 1 is 1.60 bits per heavy atom. The number of nitrogens with two attached hydrogens (primary N) is 1. The van der Waals surface area contributed by atoms with Gasteiger partial charge in [-0.3, -0.25) is 0 Å². The maximum atomic E-state index is 10.7. The fraction of sp³-hybridized carbons (Fsp3) is 0.833. The highest BCUT2D eigenvalue weighted by Gasteiger charge is 2.28. The molecule has 0 amide bonds. The summed E-state index contributed by atoms with van der Waals surface area (Å²) >= 11 is 3.36. The van der Waals surface area contributed by atoms with Crippen molar-refractivity contribution in [3.05, 3.63) is 0 Å². The van der Waals surface area contributed by atoms with Crippen LogP contribution in [0.2, 0.25) is 0 Å². The molecule has 1 atom stereocenters. The van der Waals surface area contributed by atoms with Gasteiger partial charge in [-0.25, -0.2) is 4.79 Å². The van der Waals surface area contributed by atoms with Gasteiger partial charge >= 0.3 is 5.97 Å². The Balaban J connectivity index is 4.08. The first-order chi connectivity index (χ1) is 4.39. The lowest BCUT2D eigenvalue weighted by molar-refractivity contribution is -0.136. The monoisotopic (exact) mass is 163 g/mol. The van der Waals surface area contributed by atoms with Gasteiger partial charge in [0.25, 0.3) is 0 Å². The number of hydrogen-bond donors (Lipinski definition) is 2. The van der Waals surface area contributed by atoms with Gasteiger partial charge in [0.1, 0.15) is 6.04 Å². The molecule has 0 rings (SSSR count). The van der Waals surface area contributed by atoms with Gasteiger partial charge < -0.3 is 9.92 Å². The molecule has 0 aromatic rings. The van der Waals surface area contributed by atoms with E-state index in [4.69, 9.17) is 5.73 Å². The van der Waals surface area contributed by atoms with Gasteiger partial charge in [-0.15, -0.1) is 0 Å². The van der Waals surface area contributed by atoms with Crippen LogP contribution in [0.4, 0.5) is 0 Å². The van der Waals surface area contributed by atoms with E-state index in [2.05, 4.69) is 17.1 Å². The SMILES string of the molecule is CC(C)(C)[C@H](N)C(=O)OS. The van der Waals surface area contributed by atoms with Gasteiger partial charge in [-0.2, -0.15) is 0 Å². The van der Waals surface area contributed by atoms with Crippen LogP contribution in [-0.4, -0.2) is 12.0 Å². The van der Waals surface area contributed by atoms with Crippen molar-refractivity contribution in [1.82, 2.24) is 0 Å². The van der Waals surface area contributed by atoms with Gasteiger partial charge in [0.2, 0.25) is 0 Å². The third-order valence-corrected chi connectivity index (χ3v) is 1.46. The first-order valence-corrected chi connectivity index (χ1v) is 3.37. The molecule has 4 heteroatoms. The molecule has 0 unspecified atom stereocenters. The molecule has 10 heavy (non-hydrogen) atoms. The standard InChI is InChI=1S/C6H13NO2S/c1-6(2,3)4(7)5(8)9-10/h4,10H,7H2,1-3H3/t4-/m1/s1. The number of hydrogen-bond acceptors (Lipinski definition) is 4. The van der Waals surface area contributed by atoms with Crippen molar-refractivity contribution in [3.63, 3.8) is 0 Å². The lowest BCUT2D eigenvalue weighted by Gasteiger charge is -2.23. The van der Waals surface area contributed by atoms with Crippen molar-refractivity contribution in [1.29, 1.82) is 0 Å². The summed E-state index contributed by atoms with van der Waals surface area (Å²) in [5.74, 6) is -0.490. The van der Waals surface area contributed by atoms with Crippen molar-refractivity contribution in [2.45, 2.75) is 26.8 Å². The largest absolute Gasteiger partial charge is 0.393 e. The van der Waals surface area contributed by atoms with Crippen molar-refractivity contribution < 1.29 is 8.98 Å². The minimum atomic E-state index is -0.606. The van der Waals surface area contributed by atoms with Crippen molar-refractivity contribution in [3.8, 4) is 0 Å². The van der Waals surface area contributed by atoms with Crippen molar-refractivity contribution in [2.24, 2.45) is 11.1 Å².